The quantitative estimate of drug-likeness (QED) is 0.134. The van der Waals surface area contributed by atoms with Crippen LogP contribution in [0.5, 0.6) is 0 Å². The third-order valence-electron chi connectivity index (χ3n) is 7.77. The molecule has 0 fully saturated rings. The van der Waals surface area contributed by atoms with Crippen molar-refractivity contribution in [1.29, 1.82) is 0 Å². The monoisotopic (exact) mass is 738 g/mol. The number of allylic oxidation sites excluding steroid dienone is 1. The highest BCUT2D eigenvalue weighted by Crippen LogP contribution is 2.39. The van der Waals surface area contributed by atoms with E-state index in [0.29, 0.717) is 0 Å². The van der Waals surface area contributed by atoms with Crippen LogP contribution < -0.4 is 0 Å². The fourth-order valence-electron chi connectivity index (χ4n) is 5.50. The molecule has 2 unspecified atom stereocenters. The zero-order chi connectivity index (χ0) is 38.6. The maximum absolute atomic E-state index is 4.60. The van der Waals surface area contributed by atoms with Crippen molar-refractivity contribution in [2.45, 2.75) is 61.3 Å². The van der Waals surface area contributed by atoms with Crippen molar-refractivity contribution in [2.75, 3.05) is 0 Å². The SMILES string of the molecule is C#CC.C/C=C\c1[nH]ccc1C.CCC.CCC.Pn1c(-c2ccccc2-c2cc3ccccc3n2P)cc2ccccc21.c1ccc2[nH]ccc2c1. The summed E-state index contributed by atoms with van der Waals surface area (Å²) >= 11 is 0. The molecule has 6 heteroatoms. The number of aryl methyl sites for hydroxylation is 1. The van der Waals surface area contributed by atoms with Crippen molar-refractivity contribution in [2.24, 2.45) is 0 Å². The number of nitrogens with zero attached hydrogens (tertiary/aromatic N) is 2. The van der Waals surface area contributed by atoms with Gasteiger partial charge in [0, 0.05) is 45.5 Å². The number of aromatic nitrogens is 4. The molecule has 274 valence electrons. The summed E-state index contributed by atoms with van der Waals surface area (Å²) in [7, 11) is 5.72. The number of rotatable bonds is 3. The number of terminal acetylenes is 1. The van der Waals surface area contributed by atoms with Crippen LogP contribution in [-0.4, -0.2) is 18.6 Å². The summed E-state index contributed by atoms with van der Waals surface area (Å²) in [6.07, 6.45) is 15.1. The second-order valence-corrected chi connectivity index (χ2v) is 13.3. The second-order valence-electron chi connectivity index (χ2n) is 12.3. The molecule has 2 atom stereocenters. The van der Waals surface area contributed by atoms with Gasteiger partial charge < -0.3 is 18.6 Å². The van der Waals surface area contributed by atoms with E-state index in [1.165, 1.54) is 79.3 Å². The molecule has 2 N–H and O–H groups in total. The first-order valence-corrected chi connectivity index (χ1v) is 19.3. The number of para-hydroxylation sites is 3. The van der Waals surface area contributed by atoms with Gasteiger partial charge in [-0.05, 0) is 99.0 Å². The Hall–Kier alpha value is -5.06. The third kappa shape index (κ3) is 11.7. The predicted molar refractivity (Wildman–Crippen MR) is 243 cm³/mol. The maximum Gasteiger partial charge on any atom is 0.0527 e. The molecule has 0 saturated carbocycles. The van der Waals surface area contributed by atoms with Gasteiger partial charge in [-0.2, -0.15) is 0 Å². The second kappa shape index (κ2) is 22.8. The molecule has 0 saturated heterocycles. The molecule has 0 bridgehead atoms. The third-order valence-corrected chi connectivity index (χ3v) is 8.88. The molecule has 0 radical (unpaired) electrons. The van der Waals surface area contributed by atoms with Crippen LogP contribution in [-0.2, 0) is 0 Å². The first kappa shape index (κ1) is 42.4. The average molecular weight is 739 g/mol. The van der Waals surface area contributed by atoms with Crippen LogP contribution in [0.4, 0.5) is 0 Å². The number of fused-ring (bicyclic) bond motifs is 3. The van der Waals surface area contributed by atoms with E-state index >= 15 is 0 Å². The summed E-state index contributed by atoms with van der Waals surface area (Å²) in [4.78, 5) is 6.24. The van der Waals surface area contributed by atoms with Gasteiger partial charge in [-0.3, -0.25) is 0 Å². The van der Waals surface area contributed by atoms with E-state index in [-0.39, 0.29) is 0 Å². The normalized spacial score (nSPS) is 10.0. The minimum absolute atomic E-state index is 1.20. The van der Waals surface area contributed by atoms with Crippen molar-refractivity contribution < 1.29 is 0 Å². The van der Waals surface area contributed by atoms with E-state index in [1.807, 2.05) is 37.5 Å². The van der Waals surface area contributed by atoms with E-state index < -0.39 is 0 Å². The van der Waals surface area contributed by atoms with Gasteiger partial charge in [-0.1, -0.05) is 125 Å². The van der Waals surface area contributed by atoms with Crippen molar-refractivity contribution in [3.05, 3.63) is 151 Å². The molecule has 0 amide bonds. The molecule has 8 rings (SSSR count). The summed E-state index contributed by atoms with van der Waals surface area (Å²) in [5.41, 5.74) is 11.0. The van der Waals surface area contributed by atoms with E-state index in [9.17, 15) is 0 Å². The van der Waals surface area contributed by atoms with Crippen LogP contribution in [0, 0.1) is 19.3 Å². The molecule has 53 heavy (non-hydrogen) atoms. The molecular weight excluding hydrogens is 682 g/mol. The van der Waals surface area contributed by atoms with Crippen molar-refractivity contribution in [3.63, 3.8) is 0 Å². The molecular formula is C47H56N4P2. The van der Waals surface area contributed by atoms with Crippen molar-refractivity contribution in [1.82, 2.24) is 18.6 Å². The summed E-state index contributed by atoms with van der Waals surface area (Å²) in [5, 5.41) is 3.77. The van der Waals surface area contributed by atoms with Gasteiger partial charge in [0.05, 0.1) is 22.4 Å². The zero-order valence-corrected chi connectivity index (χ0v) is 34.7. The van der Waals surface area contributed by atoms with Crippen LogP contribution in [0.3, 0.4) is 0 Å². The fourth-order valence-corrected chi connectivity index (χ4v) is 6.39. The number of H-pyrrole nitrogens is 2. The Morgan fingerprint density at radius 2 is 1.04 bits per heavy atom. The van der Waals surface area contributed by atoms with Crippen LogP contribution >= 0.6 is 18.8 Å². The molecule has 4 nitrogen and oxygen atoms in total. The summed E-state index contributed by atoms with van der Waals surface area (Å²) in [6, 6.07) is 42.5. The van der Waals surface area contributed by atoms with Crippen LogP contribution in [0.25, 0.3) is 61.3 Å². The molecule has 4 aromatic carbocycles. The van der Waals surface area contributed by atoms with Crippen LogP contribution in [0.2, 0.25) is 0 Å². The van der Waals surface area contributed by atoms with Crippen molar-refractivity contribution in [3.8, 4) is 34.9 Å². The Labute approximate surface area is 322 Å². The number of hydrogen-bond acceptors (Lipinski definition) is 0. The highest BCUT2D eigenvalue weighted by atomic mass is 31.0. The van der Waals surface area contributed by atoms with Gasteiger partial charge in [0.1, 0.15) is 0 Å². The Balaban J connectivity index is 0.000000229. The van der Waals surface area contributed by atoms with Gasteiger partial charge in [-0.15, -0.1) is 12.3 Å². The molecule has 4 heterocycles. The van der Waals surface area contributed by atoms with E-state index in [1.54, 1.807) is 6.92 Å². The lowest BCUT2D eigenvalue weighted by Gasteiger charge is -2.12. The first-order valence-electron chi connectivity index (χ1n) is 18.3. The molecule has 0 spiro atoms. The lowest BCUT2D eigenvalue weighted by Crippen LogP contribution is -1.91. The first-order chi connectivity index (χ1) is 25.8. The largest absolute Gasteiger partial charge is 0.361 e. The zero-order valence-electron chi connectivity index (χ0n) is 32.4. The Bertz CT molecular complexity index is 2190. The fraction of sp³-hybridized carbons (Fsp3) is 0.191. The highest BCUT2D eigenvalue weighted by Gasteiger charge is 2.15. The Kier molecular flexibility index (Phi) is 18.2. The number of hydrogen-bond donors (Lipinski definition) is 2. The maximum atomic E-state index is 4.60. The number of aromatic amines is 2. The van der Waals surface area contributed by atoms with Crippen LogP contribution in [0.15, 0.2) is 140 Å². The Morgan fingerprint density at radius 1 is 0.623 bits per heavy atom. The molecule has 0 aliphatic carbocycles. The van der Waals surface area contributed by atoms with Gasteiger partial charge in [0.25, 0.3) is 0 Å². The Morgan fingerprint density at radius 3 is 1.45 bits per heavy atom. The predicted octanol–water partition coefficient (Wildman–Crippen LogP) is 14.2. The van der Waals surface area contributed by atoms with Gasteiger partial charge >= 0.3 is 0 Å². The topological polar surface area (TPSA) is 41.4 Å². The smallest absolute Gasteiger partial charge is 0.0527 e. The highest BCUT2D eigenvalue weighted by molar-refractivity contribution is 7.15. The molecule has 8 aromatic rings. The summed E-state index contributed by atoms with van der Waals surface area (Å²) in [6.45, 7) is 14.3. The molecule has 4 aromatic heterocycles. The summed E-state index contributed by atoms with van der Waals surface area (Å²) < 4.78 is 4.40. The van der Waals surface area contributed by atoms with Gasteiger partial charge in [-0.25, -0.2) is 0 Å². The average Bonchev–Trinajstić information content (AvgIpc) is 3.97. The van der Waals surface area contributed by atoms with E-state index in [4.69, 9.17) is 0 Å². The summed E-state index contributed by atoms with van der Waals surface area (Å²) in [5.74, 6) is 2.25. The van der Waals surface area contributed by atoms with Gasteiger partial charge in [0.2, 0.25) is 0 Å². The lowest BCUT2D eigenvalue weighted by molar-refractivity contribution is 1.09. The number of benzene rings is 4. The van der Waals surface area contributed by atoms with Crippen LogP contribution in [0.1, 0.15) is 65.6 Å². The minimum Gasteiger partial charge on any atom is -0.361 e. The minimum atomic E-state index is 1.20. The molecule has 0 aliphatic rings. The standard InChI is InChI=1S/C22H18N2P2.C8H7N.C8H11N.2C3H8.C3H4/c25-23-19-11-5-1-7-15(19)13-21(23)17-9-3-4-10-18(17)22-14-16-8-2-6-12-20(16)24(22)26;1-2-4-8-7(3-1)5-6-9-8;1-3-4-8-7(2)5-6-9-8;3*1-3-2/h1-14H,25-26H2;1-6,9H;3-6,9H,1-2H3;2*3H2,1-2H3;1H,2H3/b;;4-3-;;;. The van der Waals surface area contributed by atoms with E-state index in [2.05, 4.69) is 200 Å². The lowest BCUT2D eigenvalue weighted by atomic mass is 10.0. The van der Waals surface area contributed by atoms with Crippen molar-refractivity contribution >= 4 is 57.6 Å². The molecule has 0 aliphatic heterocycles. The number of nitrogens with one attached hydrogen (secondary N) is 2. The van der Waals surface area contributed by atoms with E-state index in [0.717, 1.165) is 0 Å². The van der Waals surface area contributed by atoms with Gasteiger partial charge in [0.15, 0.2) is 0 Å².